The van der Waals surface area contributed by atoms with Crippen molar-refractivity contribution in [2.45, 2.75) is 19.7 Å². The quantitative estimate of drug-likeness (QED) is 0.633. The van der Waals surface area contributed by atoms with E-state index in [2.05, 4.69) is 22.0 Å². The van der Waals surface area contributed by atoms with Gasteiger partial charge >= 0.3 is 6.36 Å². The molecule has 1 N–H and O–H groups in total. The van der Waals surface area contributed by atoms with Gasteiger partial charge in [-0.2, -0.15) is 0 Å². The Morgan fingerprint density at radius 2 is 1.68 bits per heavy atom. The molecule has 0 bridgehead atoms. The summed E-state index contributed by atoms with van der Waals surface area (Å²) in [4.78, 5) is 16.7. The summed E-state index contributed by atoms with van der Waals surface area (Å²) in [6, 6.07) is 15.8. The molecule has 7 heteroatoms. The Hall–Kier alpha value is -3.35. The molecule has 0 atom stereocenters. The van der Waals surface area contributed by atoms with E-state index < -0.39 is 6.36 Å². The molecule has 0 spiro atoms. The average Bonchev–Trinajstić information content (AvgIpc) is 2.68. The van der Waals surface area contributed by atoms with Crippen LogP contribution in [-0.2, 0) is 6.42 Å². The first-order valence-corrected chi connectivity index (χ1v) is 8.56. The molecule has 4 nitrogen and oxygen atoms in total. The van der Waals surface area contributed by atoms with E-state index in [4.69, 9.17) is 0 Å². The zero-order chi connectivity index (χ0) is 20.1. The van der Waals surface area contributed by atoms with Gasteiger partial charge in [-0.15, -0.1) is 13.2 Å². The third-order valence-electron chi connectivity index (χ3n) is 4.02. The number of carbonyl (C=O) groups is 1. The number of aryl methyl sites for hydroxylation is 1. The van der Waals surface area contributed by atoms with Gasteiger partial charge in [0.25, 0.3) is 5.91 Å². The molecule has 0 saturated carbocycles. The SMILES string of the molecule is CCc1ccc(-c2ccc(C(=O)Nc3ccc(OC(F)(F)F)cc3)cc2)nc1. The highest BCUT2D eigenvalue weighted by Crippen LogP contribution is 2.24. The minimum atomic E-state index is -4.75. The summed E-state index contributed by atoms with van der Waals surface area (Å²) < 4.78 is 40.3. The molecule has 0 saturated heterocycles. The number of nitrogens with zero attached hydrogens (tertiary/aromatic N) is 1. The molecule has 3 rings (SSSR count). The molecule has 1 aromatic heterocycles. The lowest BCUT2D eigenvalue weighted by Crippen LogP contribution is -2.17. The van der Waals surface area contributed by atoms with Gasteiger partial charge in [-0.1, -0.05) is 25.1 Å². The summed E-state index contributed by atoms with van der Waals surface area (Å²) >= 11 is 0. The first-order valence-electron chi connectivity index (χ1n) is 8.56. The first-order chi connectivity index (χ1) is 13.3. The molecule has 144 valence electrons. The number of anilines is 1. The predicted octanol–water partition coefficient (Wildman–Crippen LogP) is 5.46. The Morgan fingerprint density at radius 3 is 2.21 bits per heavy atom. The zero-order valence-electron chi connectivity index (χ0n) is 15.0. The Morgan fingerprint density at radius 1 is 1.00 bits per heavy atom. The van der Waals surface area contributed by atoms with Crippen molar-refractivity contribution in [1.82, 2.24) is 4.98 Å². The number of pyridine rings is 1. The van der Waals surface area contributed by atoms with Crippen molar-refractivity contribution in [3.05, 3.63) is 78.0 Å². The van der Waals surface area contributed by atoms with Crippen molar-refractivity contribution in [1.29, 1.82) is 0 Å². The molecular formula is C21H17F3N2O2. The minimum absolute atomic E-state index is 0.351. The fourth-order valence-corrected chi connectivity index (χ4v) is 2.54. The average molecular weight is 386 g/mol. The van der Waals surface area contributed by atoms with Crippen LogP contribution >= 0.6 is 0 Å². The van der Waals surface area contributed by atoms with Crippen LogP contribution in [-0.4, -0.2) is 17.3 Å². The second-order valence-corrected chi connectivity index (χ2v) is 6.01. The Bertz CT molecular complexity index is 935. The lowest BCUT2D eigenvalue weighted by atomic mass is 10.1. The highest BCUT2D eigenvalue weighted by atomic mass is 19.4. The maximum atomic E-state index is 12.3. The first kappa shape index (κ1) is 19.4. The van der Waals surface area contributed by atoms with E-state index in [-0.39, 0.29) is 11.7 Å². The van der Waals surface area contributed by atoms with Crippen LogP contribution in [0.25, 0.3) is 11.3 Å². The molecule has 0 radical (unpaired) electrons. The largest absolute Gasteiger partial charge is 0.573 e. The fraction of sp³-hybridized carbons (Fsp3) is 0.143. The Labute approximate surface area is 160 Å². The summed E-state index contributed by atoms with van der Waals surface area (Å²) in [5.41, 5.74) is 3.62. The van der Waals surface area contributed by atoms with Crippen molar-refractivity contribution >= 4 is 11.6 Å². The van der Waals surface area contributed by atoms with Gasteiger partial charge < -0.3 is 10.1 Å². The monoisotopic (exact) mass is 386 g/mol. The minimum Gasteiger partial charge on any atom is -0.406 e. The summed E-state index contributed by atoms with van der Waals surface area (Å²) in [6.07, 6.45) is -2.02. The second kappa shape index (κ2) is 8.12. The molecule has 0 fully saturated rings. The van der Waals surface area contributed by atoms with Crippen molar-refractivity contribution in [2.24, 2.45) is 0 Å². The summed E-state index contributed by atoms with van der Waals surface area (Å²) in [5.74, 6) is -0.721. The number of amides is 1. The van der Waals surface area contributed by atoms with Crippen LogP contribution in [0.2, 0.25) is 0 Å². The van der Waals surface area contributed by atoms with E-state index in [0.29, 0.717) is 11.3 Å². The molecule has 0 aliphatic carbocycles. The van der Waals surface area contributed by atoms with Gasteiger partial charge in [0.2, 0.25) is 0 Å². The van der Waals surface area contributed by atoms with Crippen molar-refractivity contribution in [3.63, 3.8) is 0 Å². The number of alkyl halides is 3. The topological polar surface area (TPSA) is 51.2 Å². The molecule has 1 heterocycles. The number of nitrogens with one attached hydrogen (secondary N) is 1. The van der Waals surface area contributed by atoms with Crippen LogP contribution in [0.5, 0.6) is 5.75 Å². The van der Waals surface area contributed by atoms with Gasteiger partial charge in [-0.05, 0) is 54.4 Å². The lowest BCUT2D eigenvalue weighted by Gasteiger charge is -2.10. The maximum Gasteiger partial charge on any atom is 0.573 e. The van der Waals surface area contributed by atoms with Crippen LogP contribution in [0.1, 0.15) is 22.8 Å². The van der Waals surface area contributed by atoms with E-state index in [9.17, 15) is 18.0 Å². The van der Waals surface area contributed by atoms with Crippen molar-refractivity contribution in [2.75, 3.05) is 5.32 Å². The molecule has 1 amide bonds. The molecule has 2 aromatic carbocycles. The predicted molar refractivity (Wildman–Crippen MR) is 100 cm³/mol. The van der Waals surface area contributed by atoms with Crippen molar-refractivity contribution < 1.29 is 22.7 Å². The molecule has 0 aliphatic heterocycles. The summed E-state index contributed by atoms with van der Waals surface area (Å²) in [6.45, 7) is 2.06. The van der Waals surface area contributed by atoms with Gasteiger partial charge in [0.1, 0.15) is 5.75 Å². The Kier molecular flexibility index (Phi) is 5.63. The summed E-state index contributed by atoms with van der Waals surface area (Å²) in [5, 5.41) is 2.63. The number of aromatic nitrogens is 1. The van der Waals surface area contributed by atoms with Crippen LogP contribution < -0.4 is 10.1 Å². The molecule has 0 aliphatic rings. The lowest BCUT2D eigenvalue weighted by molar-refractivity contribution is -0.274. The highest BCUT2D eigenvalue weighted by molar-refractivity contribution is 6.04. The van der Waals surface area contributed by atoms with Crippen LogP contribution in [0.3, 0.4) is 0 Å². The third kappa shape index (κ3) is 5.09. The number of hydrogen-bond acceptors (Lipinski definition) is 3. The van der Waals surface area contributed by atoms with Gasteiger partial charge in [0.05, 0.1) is 5.69 Å². The van der Waals surface area contributed by atoms with E-state index in [0.717, 1.165) is 35.4 Å². The highest BCUT2D eigenvalue weighted by Gasteiger charge is 2.30. The number of halogens is 3. The Balaban J connectivity index is 1.65. The maximum absolute atomic E-state index is 12.3. The third-order valence-corrected chi connectivity index (χ3v) is 4.02. The van der Waals surface area contributed by atoms with Gasteiger partial charge in [0.15, 0.2) is 0 Å². The van der Waals surface area contributed by atoms with E-state index in [1.165, 1.54) is 12.1 Å². The molecule has 28 heavy (non-hydrogen) atoms. The zero-order valence-corrected chi connectivity index (χ0v) is 15.0. The van der Waals surface area contributed by atoms with Crippen LogP contribution in [0.4, 0.5) is 18.9 Å². The number of carbonyl (C=O) groups excluding carboxylic acids is 1. The fourth-order valence-electron chi connectivity index (χ4n) is 2.54. The van der Waals surface area contributed by atoms with E-state index >= 15 is 0 Å². The number of rotatable bonds is 5. The normalized spacial score (nSPS) is 11.1. The standard InChI is InChI=1S/C21H17F3N2O2/c1-2-14-3-12-19(25-13-14)15-4-6-16(7-5-15)20(27)26-17-8-10-18(11-9-17)28-21(22,23)24/h3-13H,2H2,1H3,(H,26,27). The van der Waals surface area contributed by atoms with E-state index in [1.807, 2.05) is 18.3 Å². The van der Waals surface area contributed by atoms with Crippen molar-refractivity contribution in [3.8, 4) is 17.0 Å². The van der Waals surface area contributed by atoms with E-state index in [1.54, 1.807) is 24.3 Å². The van der Waals surface area contributed by atoms with Gasteiger partial charge in [0, 0.05) is 23.0 Å². The molecular weight excluding hydrogens is 369 g/mol. The smallest absolute Gasteiger partial charge is 0.406 e. The number of benzene rings is 2. The van der Waals surface area contributed by atoms with Gasteiger partial charge in [-0.25, -0.2) is 0 Å². The van der Waals surface area contributed by atoms with Crippen LogP contribution in [0.15, 0.2) is 66.9 Å². The summed E-state index contributed by atoms with van der Waals surface area (Å²) in [7, 11) is 0. The second-order valence-electron chi connectivity index (χ2n) is 6.01. The molecule has 0 unspecified atom stereocenters. The number of hydrogen-bond donors (Lipinski definition) is 1. The van der Waals surface area contributed by atoms with Gasteiger partial charge in [-0.3, -0.25) is 9.78 Å². The molecule has 3 aromatic rings. The number of ether oxygens (including phenoxy) is 1. The van der Waals surface area contributed by atoms with Crippen LogP contribution in [0, 0.1) is 0 Å².